The smallest absolute Gasteiger partial charge is 0.335 e. The van der Waals surface area contributed by atoms with E-state index in [2.05, 4.69) is 5.32 Å². The Morgan fingerprint density at radius 2 is 2.05 bits per heavy atom. The Morgan fingerprint density at radius 1 is 1.32 bits per heavy atom. The van der Waals surface area contributed by atoms with E-state index in [1.54, 1.807) is 18.2 Å². The van der Waals surface area contributed by atoms with Crippen LogP contribution in [0, 0.1) is 0 Å². The standard InChI is InChI=1S/C14H19NO4/c1-2-19-9-5-8-15-13(16)10-11-6-3-4-7-12(11)14(17)18/h3-4,6-7H,2,5,8-10H2,1H3,(H,15,16)(H,17,18). The Labute approximate surface area is 112 Å². The van der Waals surface area contributed by atoms with Crippen molar-refractivity contribution in [2.24, 2.45) is 0 Å². The van der Waals surface area contributed by atoms with Crippen LogP contribution in [0.5, 0.6) is 0 Å². The van der Waals surface area contributed by atoms with Crippen molar-refractivity contribution in [1.29, 1.82) is 0 Å². The zero-order valence-electron chi connectivity index (χ0n) is 11.0. The summed E-state index contributed by atoms with van der Waals surface area (Å²) in [4.78, 5) is 22.7. The summed E-state index contributed by atoms with van der Waals surface area (Å²) in [7, 11) is 0. The van der Waals surface area contributed by atoms with Crippen molar-refractivity contribution < 1.29 is 19.4 Å². The number of carbonyl (C=O) groups is 2. The van der Waals surface area contributed by atoms with Crippen LogP contribution in [0.3, 0.4) is 0 Å². The molecule has 0 saturated carbocycles. The molecule has 0 aliphatic rings. The first kappa shape index (κ1) is 15.2. The van der Waals surface area contributed by atoms with Crippen molar-refractivity contribution in [3.8, 4) is 0 Å². The predicted octanol–water partition coefficient (Wildman–Crippen LogP) is 1.47. The Bertz CT molecular complexity index is 431. The second kappa shape index (κ2) is 8.26. The van der Waals surface area contributed by atoms with Gasteiger partial charge in [0.15, 0.2) is 0 Å². The number of benzene rings is 1. The van der Waals surface area contributed by atoms with Gasteiger partial charge in [0.25, 0.3) is 0 Å². The molecule has 0 aromatic heterocycles. The zero-order chi connectivity index (χ0) is 14.1. The summed E-state index contributed by atoms with van der Waals surface area (Å²) in [5.74, 6) is -1.19. The van der Waals surface area contributed by atoms with Gasteiger partial charge in [0.05, 0.1) is 12.0 Å². The lowest BCUT2D eigenvalue weighted by Gasteiger charge is -2.07. The van der Waals surface area contributed by atoms with E-state index in [-0.39, 0.29) is 17.9 Å². The van der Waals surface area contributed by atoms with Crippen molar-refractivity contribution in [2.45, 2.75) is 19.8 Å². The van der Waals surface area contributed by atoms with Crippen molar-refractivity contribution in [3.63, 3.8) is 0 Å². The molecule has 0 fully saturated rings. The number of carbonyl (C=O) groups excluding carboxylic acids is 1. The molecule has 104 valence electrons. The van der Waals surface area contributed by atoms with E-state index in [1.807, 2.05) is 6.92 Å². The van der Waals surface area contributed by atoms with Crippen molar-refractivity contribution in [1.82, 2.24) is 5.32 Å². The lowest BCUT2D eigenvalue weighted by atomic mass is 10.0. The molecule has 2 N–H and O–H groups in total. The Morgan fingerprint density at radius 3 is 2.74 bits per heavy atom. The molecular weight excluding hydrogens is 246 g/mol. The van der Waals surface area contributed by atoms with Gasteiger partial charge in [0.1, 0.15) is 0 Å². The predicted molar refractivity (Wildman–Crippen MR) is 71.2 cm³/mol. The average Bonchev–Trinajstić information content (AvgIpc) is 2.39. The van der Waals surface area contributed by atoms with Crippen LogP contribution >= 0.6 is 0 Å². The molecule has 0 saturated heterocycles. The third kappa shape index (κ3) is 5.52. The number of aromatic carboxylic acids is 1. The van der Waals surface area contributed by atoms with Crippen molar-refractivity contribution >= 4 is 11.9 Å². The fourth-order valence-electron chi connectivity index (χ4n) is 1.66. The minimum atomic E-state index is -1.01. The molecule has 19 heavy (non-hydrogen) atoms. The molecule has 0 spiro atoms. The normalized spacial score (nSPS) is 10.2. The third-order valence-electron chi connectivity index (χ3n) is 2.59. The van der Waals surface area contributed by atoms with Gasteiger partial charge in [0.2, 0.25) is 5.91 Å². The van der Waals surface area contributed by atoms with Gasteiger partial charge >= 0.3 is 5.97 Å². The maximum atomic E-state index is 11.7. The number of nitrogens with one attached hydrogen (secondary N) is 1. The van der Waals surface area contributed by atoms with Crippen LogP contribution in [0.2, 0.25) is 0 Å². The SMILES string of the molecule is CCOCCCNC(=O)Cc1ccccc1C(=O)O. The molecular formula is C14H19NO4. The number of ether oxygens (including phenoxy) is 1. The number of carboxylic acids is 1. The van der Waals surface area contributed by atoms with Crippen molar-refractivity contribution in [2.75, 3.05) is 19.8 Å². The fraction of sp³-hybridized carbons (Fsp3) is 0.429. The molecule has 5 heteroatoms. The lowest BCUT2D eigenvalue weighted by Crippen LogP contribution is -2.27. The maximum absolute atomic E-state index is 11.7. The molecule has 0 aliphatic heterocycles. The van der Waals surface area contributed by atoms with E-state index in [0.717, 1.165) is 6.42 Å². The second-order valence-corrected chi connectivity index (χ2v) is 4.04. The molecule has 0 heterocycles. The van der Waals surface area contributed by atoms with Crippen LogP contribution in [-0.2, 0) is 16.0 Å². The molecule has 0 aliphatic carbocycles. The molecule has 0 bridgehead atoms. The van der Waals surface area contributed by atoms with Gasteiger partial charge < -0.3 is 15.2 Å². The monoisotopic (exact) mass is 265 g/mol. The molecule has 0 radical (unpaired) electrons. The summed E-state index contributed by atoms with van der Waals surface area (Å²) in [6.07, 6.45) is 0.831. The first-order valence-corrected chi connectivity index (χ1v) is 6.30. The van der Waals surface area contributed by atoms with Crippen LogP contribution in [0.4, 0.5) is 0 Å². The van der Waals surface area contributed by atoms with Crippen LogP contribution < -0.4 is 5.32 Å². The van der Waals surface area contributed by atoms with Gasteiger partial charge in [-0.15, -0.1) is 0 Å². The van der Waals surface area contributed by atoms with E-state index in [4.69, 9.17) is 9.84 Å². The molecule has 1 aromatic carbocycles. The van der Waals surface area contributed by atoms with E-state index in [0.29, 0.717) is 25.3 Å². The lowest BCUT2D eigenvalue weighted by molar-refractivity contribution is -0.120. The number of amides is 1. The summed E-state index contributed by atoms with van der Waals surface area (Å²) in [5, 5.41) is 11.7. The Hall–Kier alpha value is -1.88. The quantitative estimate of drug-likeness (QED) is 0.698. The number of rotatable bonds is 8. The number of carboxylic acid groups (broad SMARTS) is 1. The summed E-state index contributed by atoms with van der Waals surface area (Å²) < 4.78 is 5.16. The van der Waals surface area contributed by atoms with E-state index in [1.165, 1.54) is 6.07 Å². The highest BCUT2D eigenvalue weighted by Crippen LogP contribution is 2.09. The van der Waals surface area contributed by atoms with E-state index >= 15 is 0 Å². The number of hydrogen-bond acceptors (Lipinski definition) is 3. The van der Waals surface area contributed by atoms with Crippen molar-refractivity contribution in [3.05, 3.63) is 35.4 Å². The largest absolute Gasteiger partial charge is 0.478 e. The molecule has 5 nitrogen and oxygen atoms in total. The minimum Gasteiger partial charge on any atom is -0.478 e. The molecule has 0 atom stereocenters. The van der Waals surface area contributed by atoms with Gasteiger partial charge in [0, 0.05) is 19.8 Å². The fourth-order valence-corrected chi connectivity index (χ4v) is 1.66. The molecule has 1 amide bonds. The first-order chi connectivity index (χ1) is 9.15. The van der Waals surface area contributed by atoms with Crippen LogP contribution in [0.15, 0.2) is 24.3 Å². The zero-order valence-corrected chi connectivity index (χ0v) is 11.0. The van der Waals surface area contributed by atoms with Crippen LogP contribution in [0.1, 0.15) is 29.3 Å². The highest BCUT2D eigenvalue weighted by atomic mass is 16.5. The van der Waals surface area contributed by atoms with E-state index in [9.17, 15) is 9.59 Å². The second-order valence-electron chi connectivity index (χ2n) is 4.04. The topological polar surface area (TPSA) is 75.6 Å². The first-order valence-electron chi connectivity index (χ1n) is 6.30. The maximum Gasteiger partial charge on any atom is 0.335 e. The third-order valence-corrected chi connectivity index (χ3v) is 2.59. The van der Waals surface area contributed by atoms with Gasteiger partial charge in [-0.25, -0.2) is 4.79 Å². The molecule has 1 aromatic rings. The summed E-state index contributed by atoms with van der Waals surface area (Å²) >= 11 is 0. The Kier molecular flexibility index (Phi) is 6.60. The average molecular weight is 265 g/mol. The van der Waals surface area contributed by atoms with Gasteiger partial charge in [-0.05, 0) is 25.0 Å². The van der Waals surface area contributed by atoms with Crippen LogP contribution in [-0.4, -0.2) is 36.7 Å². The highest BCUT2D eigenvalue weighted by Gasteiger charge is 2.11. The minimum absolute atomic E-state index is 0.0805. The molecule has 0 unspecified atom stereocenters. The summed E-state index contributed by atoms with van der Waals surface area (Å²) in [6.45, 7) is 3.73. The summed E-state index contributed by atoms with van der Waals surface area (Å²) in [5.41, 5.74) is 0.698. The summed E-state index contributed by atoms with van der Waals surface area (Å²) in [6, 6.07) is 6.53. The van der Waals surface area contributed by atoms with Gasteiger partial charge in [-0.1, -0.05) is 18.2 Å². The van der Waals surface area contributed by atoms with Crippen LogP contribution in [0.25, 0.3) is 0 Å². The van der Waals surface area contributed by atoms with Gasteiger partial charge in [-0.2, -0.15) is 0 Å². The van der Waals surface area contributed by atoms with Gasteiger partial charge in [-0.3, -0.25) is 4.79 Å². The molecule has 1 rings (SSSR count). The highest BCUT2D eigenvalue weighted by molar-refractivity contribution is 5.91. The number of hydrogen-bond donors (Lipinski definition) is 2. The van der Waals surface area contributed by atoms with E-state index < -0.39 is 5.97 Å². The Balaban J connectivity index is 2.42.